The average molecular weight is 245 g/mol. The van der Waals surface area contributed by atoms with Crippen LogP contribution in [0.15, 0.2) is 24.3 Å². The molecule has 1 saturated heterocycles. The Labute approximate surface area is 97.8 Å². The van der Waals surface area contributed by atoms with Crippen LogP contribution in [0.2, 0.25) is 0 Å². The van der Waals surface area contributed by atoms with Crippen LogP contribution in [0, 0.1) is 0 Å². The third-order valence-corrected chi connectivity index (χ3v) is 2.74. The number of piperidine rings is 1. The fourth-order valence-corrected chi connectivity index (χ4v) is 1.90. The van der Waals surface area contributed by atoms with Gasteiger partial charge in [0.15, 0.2) is 0 Å². The molecule has 0 saturated carbocycles. The fraction of sp³-hybridized carbons (Fsp3) is 0.500. The Hall–Kier alpha value is -1.23. The summed E-state index contributed by atoms with van der Waals surface area (Å²) < 4.78 is 43.6. The van der Waals surface area contributed by atoms with E-state index in [4.69, 9.17) is 4.74 Å². The van der Waals surface area contributed by atoms with Crippen molar-refractivity contribution in [2.24, 2.45) is 0 Å². The second-order valence-electron chi connectivity index (χ2n) is 4.08. The minimum atomic E-state index is -4.36. The average Bonchev–Trinajstić information content (AvgIpc) is 2.30. The van der Waals surface area contributed by atoms with E-state index >= 15 is 0 Å². The molecule has 1 aliphatic heterocycles. The van der Waals surface area contributed by atoms with Gasteiger partial charge in [-0.05, 0) is 31.5 Å². The van der Waals surface area contributed by atoms with Gasteiger partial charge in [0, 0.05) is 6.54 Å². The van der Waals surface area contributed by atoms with Gasteiger partial charge in [0.2, 0.25) is 0 Å². The van der Waals surface area contributed by atoms with Crippen molar-refractivity contribution in [3.8, 4) is 5.75 Å². The van der Waals surface area contributed by atoms with Crippen molar-refractivity contribution < 1.29 is 17.9 Å². The Morgan fingerprint density at radius 2 is 2.00 bits per heavy atom. The Balaban J connectivity index is 2.14. The molecule has 0 radical (unpaired) electrons. The van der Waals surface area contributed by atoms with Crippen molar-refractivity contribution in [1.29, 1.82) is 0 Å². The highest BCUT2D eigenvalue weighted by atomic mass is 19.4. The number of halogens is 3. The van der Waals surface area contributed by atoms with Crippen LogP contribution in [0.1, 0.15) is 18.4 Å². The molecule has 1 aliphatic rings. The van der Waals surface area contributed by atoms with Crippen molar-refractivity contribution >= 4 is 0 Å². The Morgan fingerprint density at radius 3 is 2.65 bits per heavy atom. The van der Waals surface area contributed by atoms with Crippen molar-refractivity contribution in [2.45, 2.75) is 25.1 Å². The minimum absolute atomic E-state index is 0.0753. The smallest absolute Gasteiger partial charge is 0.419 e. The number of hydrogen-bond acceptors (Lipinski definition) is 2. The first-order chi connectivity index (χ1) is 8.07. The molecule has 17 heavy (non-hydrogen) atoms. The van der Waals surface area contributed by atoms with Gasteiger partial charge in [-0.25, -0.2) is 0 Å². The SMILES string of the molecule is FC(F)(F)c1ccccc1OC1CCCNC1. The number of para-hydroxylation sites is 1. The second kappa shape index (κ2) is 4.96. The number of hydrogen-bond donors (Lipinski definition) is 1. The van der Waals surface area contributed by atoms with Crippen LogP contribution in [0.3, 0.4) is 0 Å². The molecule has 0 bridgehead atoms. The first-order valence-corrected chi connectivity index (χ1v) is 5.61. The summed E-state index contributed by atoms with van der Waals surface area (Å²) in [5, 5.41) is 3.11. The molecule has 1 aromatic carbocycles. The zero-order valence-corrected chi connectivity index (χ0v) is 9.26. The summed E-state index contributed by atoms with van der Waals surface area (Å²) in [6.45, 7) is 1.51. The highest BCUT2D eigenvalue weighted by Gasteiger charge is 2.34. The summed E-state index contributed by atoms with van der Waals surface area (Å²) in [7, 11) is 0. The molecule has 0 spiro atoms. The van der Waals surface area contributed by atoms with E-state index in [2.05, 4.69) is 5.32 Å². The number of benzene rings is 1. The topological polar surface area (TPSA) is 21.3 Å². The molecule has 1 fully saturated rings. The maximum atomic E-state index is 12.7. The van der Waals surface area contributed by atoms with E-state index in [9.17, 15) is 13.2 Å². The van der Waals surface area contributed by atoms with E-state index in [-0.39, 0.29) is 11.9 Å². The Morgan fingerprint density at radius 1 is 1.24 bits per heavy atom. The fourth-order valence-electron chi connectivity index (χ4n) is 1.90. The zero-order valence-electron chi connectivity index (χ0n) is 9.26. The number of rotatable bonds is 2. The maximum Gasteiger partial charge on any atom is 0.419 e. The van der Waals surface area contributed by atoms with Crippen LogP contribution in [-0.2, 0) is 6.18 Å². The monoisotopic (exact) mass is 245 g/mol. The third-order valence-electron chi connectivity index (χ3n) is 2.74. The summed E-state index contributed by atoms with van der Waals surface area (Å²) in [6.07, 6.45) is -2.82. The lowest BCUT2D eigenvalue weighted by atomic mass is 10.1. The molecule has 1 unspecified atom stereocenters. The predicted molar refractivity (Wildman–Crippen MR) is 58.0 cm³/mol. The molecule has 1 N–H and O–H groups in total. The largest absolute Gasteiger partial charge is 0.488 e. The lowest BCUT2D eigenvalue weighted by Gasteiger charge is -2.25. The van der Waals surface area contributed by atoms with Crippen molar-refractivity contribution in [3.05, 3.63) is 29.8 Å². The lowest BCUT2D eigenvalue weighted by Crippen LogP contribution is -2.37. The van der Waals surface area contributed by atoms with Crippen LogP contribution in [0.4, 0.5) is 13.2 Å². The molecule has 0 aromatic heterocycles. The van der Waals surface area contributed by atoms with E-state index in [1.54, 1.807) is 6.07 Å². The van der Waals surface area contributed by atoms with E-state index in [1.807, 2.05) is 0 Å². The minimum Gasteiger partial charge on any atom is -0.488 e. The molecular weight excluding hydrogens is 231 g/mol. The second-order valence-corrected chi connectivity index (χ2v) is 4.08. The van der Waals surface area contributed by atoms with Crippen LogP contribution >= 0.6 is 0 Å². The van der Waals surface area contributed by atoms with Crippen molar-refractivity contribution in [2.75, 3.05) is 13.1 Å². The first-order valence-electron chi connectivity index (χ1n) is 5.61. The quantitative estimate of drug-likeness (QED) is 0.865. The van der Waals surface area contributed by atoms with Gasteiger partial charge < -0.3 is 10.1 Å². The van der Waals surface area contributed by atoms with Crippen LogP contribution in [0.5, 0.6) is 5.75 Å². The molecule has 2 rings (SSSR count). The summed E-state index contributed by atoms with van der Waals surface area (Å²) in [6, 6.07) is 5.35. The first kappa shape index (κ1) is 12.2. The van der Waals surface area contributed by atoms with Gasteiger partial charge in [0.05, 0.1) is 5.56 Å². The molecular formula is C12H14F3NO. The highest BCUT2D eigenvalue weighted by Crippen LogP contribution is 2.36. The number of ether oxygens (including phenoxy) is 1. The van der Waals surface area contributed by atoms with Crippen LogP contribution in [-0.4, -0.2) is 19.2 Å². The summed E-state index contributed by atoms with van der Waals surface area (Å²) >= 11 is 0. The maximum absolute atomic E-state index is 12.7. The van der Waals surface area contributed by atoms with Gasteiger partial charge in [0.1, 0.15) is 11.9 Å². The van der Waals surface area contributed by atoms with Crippen LogP contribution < -0.4 is 10.1 Å². The van der Waals surface area contributed by atoms with Gasteiger partial charge in [-0.2, -0.15) is 13.2 Å². The Bertz CT molecular complexity index is 372. The molecule has 1 atom stereocenters. The standard InChI is InChI=1S/C12H14F3NO/c13-12(14,15)10-5-1-2-6-11(10)17-9-4-3-7-16-8-9/h1-2,5-6,9,16H,3-4,7-8H2. The highest BCUT2D eigenvalue weighted by molar-refractivity contribution is 5.35. The van der Waals surface area contributed by atoms with Gasteiger partial charge in [-0.15, -0.1) is 0 Å². The van der Waals surface area contributed by atoms with E-state index < -0.39 is 11.7 Å². The molecule has 1 heterocycles. The molecule has 1 aromatic rings. The molecule has 2 nitrogen and oxygen atoms in total. The molecule has 0 amide bonds. The number of alkyl halides is 3. The van der Waals surface area contributed by atoms with E-state index in [1.165, 1.54) is 12.1 Å². The Kier molecular flexibility index (Phi) is 3.57. The van der Waals surface area contributed by atoms with E-state index in [0.29, 0.717) is 6.54 Å². The van der Waals surface area contributed by atoms with Gasteiger partial charge in [-0.3, -0.25) is 0 Å². The number of nitrogens with one attached hydrogen (secondary N) is 1. The van der Waals surface area contributed by atoms with Crippen molar-refractivity contribution in [1.82, 2.24) is 5.32 Å². The van der Waals surface area contributed by atoms with Gasteiger partial charge >= 0.3 is 6.18 Å². The molecule has 0 aliphatic carbocycles. The zero-order chi connectivity index (χ0) is 12.3. The summed E-state index contributed by atoms with van der Waals surface area (Å²) in [5.74, 6) is -0.0753. The van der Waals surface area contributed by atoms with Crippen molar-refractivity contribution in [3.63, 3.8) is 0 Å². The molecule has 94 valence electrons. The van der Waals surface area contributed by atoms with E-state index in [0.717, 1.165) is 25.5 Å². The molecule has 5 heteroatoms. The predicted octanol–water partition coefficient (Wildman–Crippen LogP) is 2.84. The summed E-state index contributed by atoms with van der Waals surface area (Å²) in [4.78, 5) is 0. The summed E-state index contributed by atoms with van der Waals surface area (Å²) in [5.41, 5.74) is -0.703. The normalized spacial score (nSPS) is 21.2. The van der Waals surface area contributed by atoms with Gasteiger partial charge in [-0.1, -0.05) is 12.1 Å². The third kappa shape index (κ3) is 3.12. The van der Waals surface area contributed by atoms with Crippen LogP contribution in [0.25, 0.3) is 0 Å². The van der Waals surface area contributed by atoms with Gasteiger partial charge in [0.25, 0.3) is 0 Å². The lowest BCUT2D eigenvalue weighted by molar-refractivity contribution is -0.139.